The van der Waals surface area contributed by atoms with E-state index in [1.54, 1.807) is 17.4 Å². The van der Waals surface area contributed by atoms with E-state index in [1.165, 1.54) is 17.7 Å². The summed E-state index contributed by atoms with van der Waals surface area (Å²) in [6.07, 6.45) is 2.17. The predicted octanol–water partition coefficient (Wildman–Crippen LogP) is 5.10. The van der Waals surface area contributed by atoms with Gasteiger partial charge in [0.25, 0.3) is 0 Å². The number of hydrogen-bond acceptors (Lipinski definition) is 2. The minimum Gasteiger partial charge on any atom is -0.388 e. The van der Waals surface area contributed by atoms with Gasteiger partial charge in [-0.2, -0.15) is 0 Å². The Morgan fingerprint density at radius 1 is 1.05 bits per heavy atom. The van der Waals surface area contributed by atoms with Crippen LogP contribution in [-0.2, 0) is 6.42 Å². The maximum Gasteiger partial charge on any atom is 0.123 e. The van der Waals surface area contributed by atoms with Crippen LogP contribution in [0, 0.1) is 5.82 Å². The maximum absolute atomic E-state index is 13.2. The first-order valence-corrected chi connectivity index (χ1v) is 7.95. The third kappa shape index (κ3) is 3.49. The Hall–Kier alpha value is -1.71. The molecule has 2 aromatic carbocycles. The summed E-state index contributed by atoms with van der Waals surface area (Å²) in [6.45, 7) is 0. The Morgan fingerprint density at radius 3 is 2.67 bits per heavy atom. The lowest BCUT2D eigenvalue weighted by Gasteiger charge is -2.08. The Morgan fingerprint density at radius 2 is 1.86 bits per heavy atom. The molecule has 0 aliphatic carbocycles. The van der Waals surface area contributed by atoms with Gasteiger partial charge in [-0.1, -0.05) is 30.3 Å². The summed E-state index contributed by atoms with van der Waals surface area (Å²) in [4.78, 5) is 0.920. The smallest absolute Gasteiger partial charge is 0.123 e. The third-order valence-electron chi connectivity index (χ3n) is 3.61. The van der Waals surface area contributed by atoms with E-state index in [0.29, 0.717) is 0 Å². The summed E-state index contributed by atoms with van der Waals surface area (Å²) in [5, 5.41) is 11.2. The average Bonchev–Trinajstić information content (AvgIpc) is 2.91. The molecule has 3 aromatic rings. The lowest BCUT2D eigenvalue weighted by molar-refractivity contribution is 0.168. The first kappa shape index (κ1) is 14.2. The second-order valence-corrected chi connectivity index (χ2v) is 6.34. The van der Waals surface area contributed by atoms with E-state index in [4.69, 9.17) is 0 Å². The number of thiophene rings is 1. The van der Waals surface area contributed by atoms with Gasteiger partial charge < -0.3 is 5.11 Å². The normalized spacial score (nSPS) is 12.7. The van der Waals surface area contributed by atoms with Gasteiger partial charge in [0, 0.05) is 9.58 Å². The van der Waals surface area contributed by atoms with Gasteiger partial charge in [-0.15, -0.1) is 11.3 Å². The van der Waals surface area contributed by atoms with Gasteiger partial charge >= 0.3 is 0 Å². The van der Waals surface area contributed by atoms with Crippen LogP contribution in [0.2, 0.25) is 0 Å². The summed E-state index contributed by atoms with van der Waals surface area (Å²) >= 11 is 1.54. The fourth-order valence-corrected chi connectivity index (χ4v) is 3.55. The van der Waals surface area contributed by atoms with E-state index in [9.17, 15) is 9.50 Å². The molecule has 1 heterocycles. The van der Waals surface area contributed by atoms with Gasteiger partial charge in [0.2, 0.25) is 0 Å². The van der Waals surface area contributed by atoms with Crippen LogP contribution in [0.15, 0.2) is 54.6 Å². The molecule has 0 bridgehead atoms. The van der Waals surface area contributed by atoms with Gasteiger partial charge in [0.15, 0.2) is 0 Å². The van der Waals surface area contributed by atoms with E-state index >= 15 is 0 Å². The van der Waals surface area contributed by atoms with E-state index in [-0.39, 0.29) is 5.82 Å². The van der Waals surface area contributed by atoms with Gasteiger partial charge in [0.1, 0.15) is 5.82 Å². The number of aliphatic hydroxyl groups excluding tert-OH is 1. The fourth-order valence-electron chi connectivity index (χ4n) is 2.49. The number of benzene rings is 2. The molecule has 1 atom stereocenters. The standard InChI is InChI=1S/C18H17FOS/c19-15-9-10-17-14(11-15)12-18(21-17)16(20)8-4-7-13-5-2-1-3-6-13/h1-3,5-6,9-12,16,20H,4,7-8H2. The molecular formula is C18H17FOS. The SMILES string of the molecule is OC(CCCc1ccccc1)c1cc2cc(F)ccc2s1. The second-order valence-electron chi connectivity index (χ2n) is 5.22. The summed E-state index contributed by atoms with van der Waals surface area (Å²) < 4.78 is 14.2. The number of aliphatic hydroxyl groups is 1. The molecule has 1 unspecified atom stereocenters. The lowest BCUT2D eigenvalue weighted by atomic mass is 10.1. The van der Waals surface area contributed by atoms with E-state index in [2.05, 4.69) is 12.1 Å². The molecule has 0 amide bonds. The van der Waals surface area contributed by atoms with Crippen LogP contribution >= 0.6 is 11.3 Å². The zero-order valence-electron chi connectivity index (χ0n) is 11.6. The van der Waals surface area contributed by atoms with Gasteiger partial charge in [0.05, 0.1) is 6.10 Å². The van der Waals surface area contributed by atoms with Crippen LogP contribution in [0.3, 0.4) is 0 Å². The zero-order valence-corrected chi connectivity index (χ0v) is 12.4. The first-order chi connectivity index (χ1) is 10.2. The molecule has 1 aromatic heterocycles. The quantitative estimate of drug-likeness (QED) is 0.695. The van der Waals surface area contributed by atoms with Crippen molar-refractivity contribution < 1.29 is 9.50 Å². The molecule has 1 nitrogen and oxygen atoms in total. The van der Waals surface area contributed by atoms with Crippen LogP contribution in [0.4, 0.5) is 4.39 Å². The highest BCUT2D eigenvalue weighted by Gasteiger charge is 2.11. The van der Waals surface area contributed by atoms with Crippen LogP contribution in [0.5, 0.6) is 0 Å². The van der Waals surface area contributed by atoms with Gasteiger partial charge in [-0.3, -0.25) is 0 Å². The largest absolute Gasteiger partial charge is 0.388 e. The van der Waals surface area contributed by atoms with Crippen molar-refractivity contribution in [2.75, 3.05) is 0 Å². The molecule has 0 spiro atoms. The monoisotopic (exact) mass is 300 g/mol. The molecule has 3 rings (SSSR count). The highest BCUT2D eigenvalue weighted by molar-refractivity contribution is 7.19. The molecule has 0 fully saturated rings. The van der Waals surface area contributed by atoms with Crippen molar-refractivity contribution in [3.8, 4) is 0 Å². The first-order valence-electron chi connectivity index (χ1n) is 7.13. The van der Waals surface area contributed by atoms with E-state index in [1.807, 2.05) is 24.3 Å². The zero-order chi connectivity index (χ0) is 14.7. The Kier molecular flexibility index (Phi) is 4.32. The Labute approximate surface area is 127 Å². The summed E-state index contributed by atoms with van der Waals surface area (Å²) in [5.41, 5.74) is 1.29. The molecule has 21 heavy (non-hydrogen) atoms. The molecule has 0 aliphatic rings. The lowest BCUT2D eigenvalue weighted by Crippen LogP contribution is -1.95. The fraction of sp³-hybridized carbons (Fsp3) is 0.222. The van der Waals surface area contributed by atoms with Crippen molar-refractivity contribution >= 4 is 21.4 Å². The minimum absolute atomic E-state index is 0.231. The number of hydrogen-bond donors (Lipinski definition) is 1. The molecule has 0 aliphatic heterocycles. The average molecular weight is 300 g/mol. The summed E-state index contributed by atoms with van der Waals surface area (Å²) in [7, 11) is 0. The van der Waals surface area contributed by atoms with Crippen molar-refractivity contribution in [1.82, 2.24) is 0 Å². The summed E-state index contributed by atoms with van der Waals surface area (Å²) in [6, 6.07) is 16.9. The van der Waals surface area contributed by atoms with E-state index < -0.39 is 6.10 Å². The number of aryl methyl sites for hydroxylation is 1. The van der Waals surface area contributed by atoms with Crippen molar-refractivity contribution in [1.29, 1.82) is 0 Å². The molecule has 0 saturated carbocycles. The summed E-state index contributed by atoms with van der Waals surface area (Å²) in [5.74, 6) is -0.231. The Balaban J connectivity index is 1.62. The molecular weight excluding hydrogens is 283 g/mol. The highest BCUT2D eigenvalue weighted by Crippen LogP contribution is 2.32. The van der Waals surface area contributed by atoms with Crippen molar-refractivity contribution in [3.63, 3.8) is 0 Å². The second kappa shape index (κ2) is 6.37. The van der Waals surface area contributed by atoms with Crippen LogP contribution in [-0.4, -0.2) is 5.11 Å². The molecule has 0 radical (unpaired) electrons. The van der Waals surface area contributed by atoms with Crippen LogP contribution in [0.1, 0.15) is 29.4 Å². The van der Waals surface area contributed by atoms with Crippen molar-refractivity contribution in [3.05, 3.63) is 70.9 Å². The topological polar surface area (TPSA) is 20.2 Å². The van der Waals surface area contributed by atoms with Crippen molar-refractivity contribution in [2.45, 2.75) is 25.4 Å². The van der Waals surface area contributed by atoms with Gasteiger partial charge in [-0.25, -0.2) is 4.39 Å². The highest BCUT2D eigenvalue weighted by atomic mass is 32.1. The Bertz CT molecular complexity index is 720. The third-order valence-corrected chi connectivity index (χ3v) is 4.83. The van der Waals surface area contributed by atoms with E-state index in [0.717, 1.165) is 34.2 Å². The number of fused-ring (bicyclic) bond motifs is 1. The van der Waals surface area contributed by atoms with Crippen LogP contribution < -0.4 is 0 Å². The van der Waals surface area contributed by atoms with Crippen LogP contribution in [0.25, 0.3) is 10.1 Å². The molecule has 108 valence electrons. The maximum atomic E-state index is 13.2. The molecule has 0 saturated heterocycles. The van der Waals surface area contributed by atoms with Crippen molar-refractivity contribution in [2.24, 2.45) is 0 Å². The predicted molar refractivity (Wildman–Crippen MR) is 86.1 cm³/mol. The number of rotatable bonds is 5. The number of halogens is 1. The van der Waals surface area contributed by atoms with Gasteiger partial charge in [-0.05, 0) is 54.5 Å². The molecule has 3 heteroatoms. The minimum atomic E-state index is -0.464. The molecule has 1 N–H and O–H groups in total.